The molecule has 2 aromatic carbocycles. The van der Waals surface area contributed by atoms with Gasteiger partial charge >= 0.3 is 0 Å². The number of piperidine rings is 1. The molecule has 2 aliphatic heterocycles. The number of amides is 1. The highest BCUT2D eigenvalue weighted by Gasteiger charge is 2.58. The second kappa shape index (κ2) is 9.32. The van der Waals surface area contributed by atoms with Gasteiger partial charge in [0, 0.05) is 53.7 Å². The molecular formula is C30H32F2N4O3. The highest BCUT2D eigenvalue weighted by atomic mass is 19.3. The Labute approximate surface area is 226 Å². The first-order chi connectivity index (χ1) is 18.7. The highest BCUT2D eigenvalue weighted by molar-refractivity contribution is 5.95. The van der Waals surface area contributed by atoms with Gasteiger partial charge in [-0.25, -0.2) is 8.78 Å². The summed E-state index contributed by atoms with van der Waals surface area (Å²) in [5, 5.41) is 13.3. The summed E-state index contributed by atoms with van der Waals surface area (Å²) in [7, 11) is 1.67. The number of hydrogen-bond donors (Lipinski definition) is 2. The molecule has 204 valence electrons. The number of carbonyl (C=O) groups is 1. The minimum Gasteiger partial charge on any atom is -0.496 e. The first kappa shape index (κ1) is 25.8. The summed E-state index contributed by atoms with van der Waals surface area (Å²) in [5.41, 5.74) is 3.32. The number of H-pyrrole nitrogens is 1. The van der Waals surface area contributed by atoms with Crippen molar-refractivity contribution in [3.8, 4) is 11.8 Å². The number of nitrogens with zero attached hydrogens (tertiary/aromatic N) is 2. The van der Waals surface area contributed by atoms with Crippen LogP contribution >= 0.6 is 0 Å². The Hall–Kier alpha value is -3.48. The van der Waals surface area contributed by atoms with Crippen molar-refractivity contribution >= 4 is 16.8 Å². The number of halogens is 2. The minimum atomic E-state index is -2.59. The van der Waals surface area contributed by atoms with Crippen LogP contribution in [0.25, 0.3) is 10.9 Å². The lowest BCUT2D eigenvalue weighted by atomic mass is 9.59. The number of fused-ring (bicyclic) bond motifs is 1. The van der Waals surface area contributed by atoms with Gasteiger partial charge in [-0.05, 0) is 67.1 Å². The molecule has 3 aliphatic rings. The summed E-state index contributed by atoms with van der Waals surface area (Å²) in [6.07, 6.45) is 3.14. The van der Waals surface area contributed by atoms with Gasteiger partial charge in [0.15, 0.2) is 5.54 Å². The third-order valence-electron chi connectivity index (χ3n) is 8.78. The van der Waals surface area contributed by atoms with Crippen molar-refractivity contribution in [1.29, 1.82) is 5.26 Å². The molecule has 1 atom stereocenters. The number of methoxy groups -OCH3 is 1. The van der Waals surface area contributed by atoms with Crippen molar-refractivity contribution in [2.24, 2.45) is 5.41 Å². The van der Waals surface area contributed by atoms with Gasteiger partial charge in [-0.15, -0.1) is 0 Å². The molecule has 39 heavy (non-hydrogen) atoms. The topological polar surface area (TPSA) is 90.4 Å². The Morgan fingerprint density at radius 1 is 1.26 bits per heavy atom. The quantitative estimate of drug-likeness (QED) is 0.450. The van der Waals surface area contributed by atoms with Crippen molar-refractivity contribution < 1.29 is 23.0 Å². The Morgan fingerprint density at radius 2 is 2.00 bits per heavy atom. The standard InChI is InChI=1S/C30H32F2N4O3/c1-19-11-25(38-2)23(22-7-9-34-26(19)22)13-36-10-8-28(14-30(31,32)15-28)12-24(36)20-3-5-21(6-4-20)27(37)35-29(16-33)17-39-18-29/h3-7,9,11,24,34H,8,10,12-15,17-18H2,1-2H3,(H,35,37)/t24-/m1/s1. The van der Waals surface area contributed by atoms with E-state index in [-0.39, 0.29) is 43.4 Å². The zero-order valence-electron chi connectivity index (χ0n) is 22.2. The van der Waals surface area contributed by atoms with Gasteiger partial charge in [0.05, 0.1) is 26.4 Å². The molecule has 0 unspecified atom stereocenters. The number of likely N-dealkylation sites (tertiary alicyclic amines) is 1. The second-order valence-corrected chi connectivity index (χ2v) is 11.6. The Bertz CT molecular complexity index is 1450. The molecule has 3 aromatic rings. The molecule has 1 aromatic heterocycles. The normalized spacial score (nSPS) is 23.0. The second-order valence-electron chi connectivity index (χ2n) is 11.6. The van der Waals surface area contributed by atoms with Crippen LogP contribution in [0.4, 0.5) is 8.78 Å². The van der Waals surface area contributed by atoms with Gasteiger partial charge in [-0.2, -0.15) is 5.26 Å². The van der Waals surface area contributed by atoms with Crippen molar-refractivity contribution in [1.82, 2.24) is 15.2 Å². The van der Waals surface area contributed by atoms with Gasteiger partial charge in [0.25, 0.3) is 5.91 Å². The fraction of sp³-hybridized carbons (Fsp3) is 0.467. The summed E-state index contributed by atoms with van der Waals surface area (Å²) in [6.45, 7) is 3.70. The van der Waals surface area contributed by atoms with E-state index in [1.54, 1.807) is 19.2 Å². The van der Waals surface area contributed by atoms with Crippen LogP contribution in [0.3, 0.4) is 0 Å². The molecular weight excluding hydrogens is 502 g/mol. The Balaban J connectivity index is 1.29. The van der Waals surface area contributed by atoms with E-state index in [1.165, 1.54) is 0 Å². The number of hydrogen-bond acceptors (Lipinski definition) is 5. The maximum atomic E-state index is 14.0. The number of rotatable bonds is 6. The molecule has 2 saturated heterocycles. The van der Waals surface area contributed by atoms with Crippen LogP contribution < -0.4 is 10.1 Å². The molecule has 0 bridgehead atoms. The van der Waals surface area contributed by atoms with E-state index in [9.17, 15) is 18.8 Å². The van der Waals surface area contributed by atoms with E-state index in [0.717, 1.165) is 39.8 Å². The number of ether oxygens (including phenoxy) is 2. The fourth-order valence-corrected chi connectivity index (χ4v) is 6.66. The SMILES string of the molecule is COc1cc(C)c2[nH]ccc2c1CN1CCC2(C[C@@H]1c1ccc(C(=O)NC3(C#N)COC3)cc1)CC(F)(F)C2. The van der Waals surface area contributed by atoms with Crippen LogP contribution in [0.1, 0.15) is 58.8 Å². The molecule has 2 N–H and O–H groups in total. The summed E-state index contributed by atoms with van der Waals surface area (Å²) in [5.74, 6) is -2.11. The molecule has 0 radical (unpaired) electrons. The van der Waals surface area contributed by atoms with E-state index in [4.69, 9.17) is 9.47 Å². The van der Waals surface area contributed by atoms with Crippen LogP contribution in [0.15, 0.2) is 42.6 Å². The highest BCUT2D eigenvalue weighted by Crippen LogP contribution is 2.60. The molecule has 1 saturated carbocycles. The number of carbonyl (C=O) groups excluding carboxylic acids is 1. The van der Waals surface area contributed by atoms with E-state index in [0.29, 0.717) is 25.1 Å². The monoisotopic (exact) mass is 534 g/mol. The minimum absolute atomic E-state index is 0.0704. The third-order valence-corrected chi connectivity index (χ3v) is 8.78. The van der Waals surface area contributed by atoms with Crippen molar-refractivity contribution in [2.45, 2.75) is 56.7 Å². The first-order valence-electron chi connectivity index (χ1n) is 13.3. The first-order valence-corrected chi connectivity index (χ1v) is 13.3. The number of aromatic nitrogens is 1. The Morgan fingerprint density at radius 3 is 2.62 bits per heavy atom. The van der Waals surface area contributed by atoms with E-state index in [2.05, 4.69) is 27.3 Å². The molecule has 7 nitrogen and oxygen atoms in total. The molecule has 3 heterocycles. The van der Waals surface area contributed by atoms with Gasteiger partial charge in [0.1, 0.15) is 5.75 Å². The average Bonchev–Trinajstić information content (AvgIpc) is 3.38. The molecule has 1 aliphatic carbocycles. The van der Waals surface area contributed by atoms with Crippen molar-refractivity contribution in [3.63, 3.8) is 0 Å². The van der Waals surface area contributed by atoms with E-state index >= 15 is 0 Å². The van der Waals surface area contributed by atoms with E-state index < -0.39 is 11.5 Å². The summed E-state index contributed by atoms with van der Waals surface area (Å²) >= 11 is 0. The maximum absolute atomic E-state index is 14.0. The number of aryl methyl sites for hydroxylation is 1. The number of aromatic amines is 1. The van der Waals surface area contributed by atoms with Crippen LogP contribution in [0.5, 0.6) is 5.75 Å². The van der Waals surface area contributed by atoms with Crippen LogP contribution in [-0.2, 0) is 11.3 Å². The zero-order valence-corrected chi connectivity index (χ0v) is 22.2. The lowest BCUT2D eigenvalue weighted by Gasteiger charge is -2.54. The van der Waals surface area contributed by atoms with Gasteiger partial charge < -0.3 is 19.8 Å². The van der Waals surface area contributed by atoms with Crippen molar-refractivity contribution in [2.75, 3.05) is 26.9 Å². The van der Waals surface area contributed by atoms with Gasteiger partial charge in [-0.3, -0.25) is 9.69 Å². The zero-order chi connectivity index (χ0) is 27.4. The smallest absolute Gasteiger partial charge is 0.252 e. The number of nitriles is 1. The molecule has 1 spiro atoms. The lowest BCUT2D eigenvalue weighted by Crippen LogP contribution is -2.61. The molecule has 1 amide bonds. The summed E-state index contributed by atoms with van der Waals surface area (Å²) < 4.78 is 39.0. The lowest BCUT2D eigenvalue weighted by molar-refractivity contribution is -0.186. The van der Waals surface area contributed by atoms with Gasteiger partial charge in [-0.1, -0.05) is 12.1 Å². The van der Waals surface area contributed by atoms with Crippen LogP contribution in [0, 0.1) is 23.7 Å². The van der Waals surface area contributed by atoms with Crippen molar-refractivity contribution in [3.05, 3.63) is 64.8 Å². The Kier molecular flexibility index (Phi) is 6.16. The molecule has 6 rings (SSSR count). The summed E-state index contributed by atoms with van der Waals surface area (Å²) in [4.78, 5) is 18.5. The number of nitrogens with one attached hydrogen (secondary N) is 2. The fourth-order valence-electron chi connectivity index (χ4n) is 6.66. The molecule has 9 heteroatoms. The van der Waals surface area contributed by atoms with Crippen LogP contribution in [0.2, 0.25) is 0 Å². The maximum Gasteiger partial charge on any atom is 0.252 e. The predicted octanol–water partition coefficient (Wildman–Crippen LogP) is 5.26. The largest absolute Gasteiger partial charge is 0.496 e. The predicted molar refractivity (Wildman–Crippen MR) is 142 cm³/mol. The molecule has 3 fully saturated rings. The third kappa shape index (κ3) is 4.56. The average molecular weight is 535 g/mol. The van der Waals surface area contributed by atoms with Crippen LogP contribution in [-0.4, -0.2) is 54.1 Å². The number of alkyl halides is 2. The van der Waals surface area contributed by atoms with E-state index in [1.807, 2.05) is 31.3 Å². The number of benzene rings is 2. The summed E-state index contributed by atoms with van der Waals surface area (Å²) in [6, 6.07) is 13.5. The van der Waals surface area contributed by atoms with Gasteiger partial charge in [0.2, 0.25) is 5.92 Å².